The van der Waals surface area contributed by atoms with E-state index < -0.39 is 0 Å². The summed E-state index contributed by atoms with van der Waals surface area (Å²) in [6.45, 7) is 3.08. The molecule has 0 unspecified atom stereocenters. The summed E-state index contributed by atoms with van der Waals surface area (Å²) < 4.78 is 1.82. The molecule has 7 nitrogen and oxygen atoms in total. The van der Waals surface area contributed by atoms with Crippen LogP contribution >= 0.6 is 0 Å². The molecule has 1 aliphatic heterocycles. The molecule has 1 aromatic heterocycles. The minimum atomic E-state index is -0.0200. The van der Waals surface area contributed by atoms with Gasteiger partial charge >= 0.3 is 0 Å². The highest BCUT2D eigenvalue weighted by Crippen LogP contribution is 2.18. The number of piperazine rings is 1. The fourth-order valence-corrected chi connectivity index (χ4v) is 3.22. The molecule has 0 radical (unpaired) electrons. The zero-order valence-electron chi connectivity index (χ0n) is 14.7. The summed E-state index contributed by atoms with van der Waals surface area (Å²) in [5, 5.41) is 3.01. The first-order valence-electron chi connectivity index (χ1n) is 9.09. The van der Waals surface area contributed by atoms with Crippen LogP contribution in [0, 0.1) is 0 Å². The molecular weight excluding hydrogens is 330 g/mol. The maximum Gasteiger partial charge on any atom is 0.272 e. The predicted octanol–water partition coefficient (Wildman–Crippen LogP) is 0.909. The number of imidazole rings is 1. The first-order chi connectivity index (χ1) is 12.7. The van der Waals surface area contributed by atoms with E-state index in [2.05, 4.69) is 15.2 Å². The molecule has 0 spiro atoms. The van der Waals surface area contributed by atoms with Crippen LogP contribution in [0.5, 0.6) is 0 Å². The number of para-hydroxylation sites is 1. The van der Waals surface area contributed by atoms with Crippen LogP contribution in [0.1, 0.15) is 23.3 Å². The lowest BCUT2D eigenvalue weighted by Gasteiger charge is -2.34. The van der Waals surface area contributed by atoms with Crippen molar-refractivity contribution in [1.82, 2.24) is 24.7 Å². The Labute approximate surface area is 152 Å². The summed E-state index contributed by atoms with van der Waals surface area (Å²) in [6.07, 6.45) is 5.48. The van der Waals surface area contributed by atoms with Gasteiger partial charge in [-0.1, -0.05) is 18.2 Å². The Balaban J connectivity index is 1.35. The van der Waals surface area contributed by atoms with Gasteiger partial charge in [-0.15, -0.1) is 0 Å². The van der Waals surface area contributed by atoms with E-state index in [0.29, 0.717) is 44.5 Å². The normalized spacial score (nSPS) is 17.9. The third-order valence-electron chi connectivity index (χ3n) is 4.86. The van der Waals surface area contributed by atoms with E-state index in [1.807, 2.05) is 39.8 Å². The number of aromatic nitrogens is 2. The maximum absolute atomic E-state index is 12.9. The number of amides is 2. The lowest BCUT2D eigenvalue weighted by Crippen LogP contribution is -2.51. The number of rotatable bonds is 5. The second-order valence-corrected chi connectivity index (χ2v) is 6.89. The fraction of sp³-hybridized carbons (Fsp3) is 0.421. The highest BCUT2D eigenvalue weighted by molar-refractivity contribution is 5.93. The van der Waals surface area contributed by atoms with Crippen LogP contribution in [0.25, 0.3) is 5.69 Å². The van der Waals surface area contributed by atoms with Gasteiger partial charge in [0.05, 0.1) is 19.1 Å². The number of carbonyl (C=O) groups is 2. The number of carbonyl (C=O) groups excluding carboxylic acids is 2. The van der Waals surface area contributed by atoms with Gasteiger partial charge in [0.2, 0.25) is 5.91 Å². The molecule has 1 N–H and O–H groups in total. The van der Waals surface area contributed by atoms with Crippen molar-refractivity contribution < 1.29 is 9.59 Å². The van der Waals surface area contributed by atoms with Crippen LogP contribution < -0.4 is 5.32 Å². The molecule has 2 aliphatic rings. The van der Waals surface area contributed by atoms with Crippen molar-refractivity contribution >= 4 is 11.8 Å². The fourth-order valence-electron chi connectivity index (χ4n) is 3.22. The van der Waals surface area contributed by atoms with E-state index in [-0.39, 0.29) is 11.8 Å². The van der Waals surface area contributed by atoms with Crippen LogP contribution in [0.15, 0.2) is 42.9 Å². The topological polar surface area (TPSA) is 70.5 Å². The number of hydrogen-bond donors (Lipinski definition) is 1. The highest BCUT2D eigenvalue weighted by Gasteiger charge is 2.27. The molecule has 7 heteroatoms. The van der Waals surface area contributed by atoms with E-state index in [4.69, 9.17) is 0 Å². The van der Waals surface area contributed by atoms with Crippen molar-refractivity contribution in [2.75, 3.05) is 32.7 Å². The number of nitrogens with zero attached hydrogens (tertiary/aromatic N) is 4. The Hall–Kier alpha value is -2.67. The van der Waals surface area contributed by atoms with E-state index in [1.54, 1.807) is 12.5 Å². The minimum absolute atomic E-state index is 0.0200. The minimum Gasteiger partial charge on any atom is -0.352 e. The van der Waals surface area contributed by atoms with E-state index in [9.17, 15) is 9.59 Å². The molecule has 1 saturated heterocycles. The standard InChI is InChI=1S/C19H23N5O2/c25-18(21-15-6-7-15)13-22-8-10-23(11-9-22)19(26)17-12-20-14-24(17)16-4-2-1-3-5-16/h1-5,12,14-15H,6-11,13H2,(H,21,25). The highest BCUT2D eigenvalue weighted by atomic mass is 16.2. The first kappa shape index (κ1) is 16.8. The van der Waals surface area contributed by atoms with Gasteiger partial charge in [0.1, 0.15) is 5.69 Å². The quantitative estimate of drug-likeness (QED) is 0.867. The Morgan fingerprint density at radius 3 is 2.50 bits per heavy atom. The van der Waals surface area contributed by atoms with Crippen LogP contribution in [0.2, 0.25) is 0 Å². The molecule has 1 aliphatic carbocycles. The van der Waals surface area contributed by atoms with Gasteiger partial charge in [-0.25, -0.2) is 4.98 Å². The number of hydrogen-bond acceptors (Lipinski definition) is 4. The molecule has 26 heavy (non-hydrogen) atoms. The monoisotopic (exact) mass is 353 g/mol. The SMILES string of the molecule is O=C(CN1CCN(C(=O)c2cncn2-c2ccccc2)CC1)NC1CC1. The Morgan fingerprint density at radius 2 is 1.81 bits per heavy atom. The van der Waals surface area contributed by atoms with Crippen LogP contribution in [-0.4, -0.2) is 69.9 Å². The van der Waals surface area contributed by atoms with Crippen molar-refractivity contribution in [3.05, 3.63) is 48.5 Å². The molecule has 1 saturated carbocycles. The Morgan fingerprint density at radius 1 is 1.08 bits per heavy atom. The van der Waals surface area contributed by atoms with Crippen molar-refractivity contribution in [3.8, 4) is 5.69 Å². The van der Waals surface area contributed by atoms with E-state index >= 15 is 0 Å². The molecule has 0 atom stereocenters. The summed E-state index contributed by atoms with van der Waals surface area (Å²) in [5.41, 5.74) is 1.49. The lowest BCUT2D eigenvalue weighted by molar-refractivity contribution is -0.122. The van der Waals surface area contributed by atoms with Gasteiger partial charge in [0.25, 0.3) is 5.91 Å². The summed E-state index contributed by atoms with van der Waals surface area (Å²) in [6, 6.07) is 10.1. The Bertz CT molecular complexity index is 776. The summed E-state index contributed by atoms with van der Waals surface area (Å²) in [5.74, 6) is 0.0721. The average molecular weight is 353 g/mol. The predicted molar refractivity (Wildman–Crippen MR) is 97.1 cm³/mol. The third kappa shape index (κ3) is 3.77. The van der Waals surface area contributed by atoms with Gasteiger partial charge in [-0.3, -0.25) is 19.1 Å². The van der Waals surface area contributed by atoms with Crippen LogP contribution in [-0.2, 0) is 4.79 Å². The van der Waals surface area contributed by atoms with Crippen molar-refractivity contribution in [2.24, 2.45) is 0 Å². The molecule has 2 heterocycles. The Kier molecular flexibility index (Phi) is 4.71. The van der Waals surface area contributed by atoms with Crippen molar-refractivity contribution in [3.63, 3.8) is 0 Å². The van der Waals surface area contributed by atoms with Crippen LogP contribution in [0.4, 0.5) is 0 Å². The molecule has 136 valence electrons. The molecule has 4 rings (SSSR count). The number of nitrogens with one attached hydrogen (secondary N) is 1. The molecular formula is C19H23N5O2. The average Bonchev–Trinajstić information content (AvgIpc) is 3.34. The zero-order chi connectivity index (χ0) is 17.9. The van der Waals surface area contributed by atoms with Crippen molar-refractivity contribution in [2.45, 2.75) is 18.9 Å². The van der Waals surface area contributed by atoms with E-state index in [0.717, 1.165) is 18.5 Å². The molecule has 2 aromatic rings. The van der Waals surface area contributed by atoms with Crippen molar-refractivity contribution in [1.29, 1.82) is 0 Å². The number of benzene rings is 1. The van der Waals surface area contributed by atoms with Gasteiger partial charge in [-0.05, 0) is 25.0 Å². The van der Waals surface area contributed by atoms with E-state index in [1.165, 1.54) is 0 Å². The van der Waals surface area contributed by atoms with Gasteiger partial charge in [0, 0.05) is 37.9 Å². The molecule has 0 bridgehead atoms. The van der Waals surface area contributed by atoms with Gasteiger partial charge in [0.15, 0.2) is 0 Å². The largest absolute Gasteiger partial charge is 0.352 e. The van der Waals surface area contributed by atoms with Gasteiger partial charge in [-0.2, -0.15) is 0 Å². The summed E-state index contributed by atoms with van der Waals surface area (Å²) >= 11 is 0. The van der Waals surface area contributed by atoms with Crippen LogP contribution in [0.3, 0.4) is 0 Å². The zero-order valence-corrected chi connectivity index (χ0v) is 14.7. The summed E-state index contributed by atoms with van der Waals surface area (Å²) in [7, 11) is 0. The second kappa shape index (κ2) is 7.29. The summed E-state index contributed by atoms with van der Waals surface area (Å²) in [4.78, 5) is 32.9. The lowest BCUT2D eigenvalue weighted by atomic mass is 10.2. The smallest absolute Gasteiger partial charge is 0.272 e. The second-order valence-electron chi connectivity index (χ2n) is 6.89. The maximum atomic E-state index is 12.9. The third-order valence-corrected chi connectivity index (χ3v) is 4.86. The van der Waals surface area contributed by atoms with Gasteiger partial charge < -0.3 is 10.2 Å². The first-order valence-corrected chi connectivity index (χ1v) is 9.09. The molecule has 2 amide bonds. The molecule has 2 fully saturated rings. The molecule has 1 aromatic carbocycles.